The first-order chi connectivity index (χ1) is 13.8. The predicted molar refractivity (Wildman–Crippen MR) is 107 cm³/mol. The maximum absolute atomic E-state index is 12.2. The van der Waals surface area contributed by atoms with Crippen molar-refractivity contribution in [3.05, 3.63) is 23.8 Å². The lowest BCUT2D eigenvalue weighted by atomic mass is 9.78. The molecular weight excluding hydrogens is 376 g/mol. The number of benzene rings is 1. The minimum atomic E-state index is -0.687. The van der Waals surface area contributed by atoms with E-state index in [1.165, 1.54) is 32.8 Å². The lowest BCUT2D eigenvalue weighted by Gasteiger charge is -2.34. The Balaban J connectivity index is 1.76. The summed E-state index contributed by atoms with van der Waals surface area (Å²) < 4.78 is 15.2. The molecule has 0 spiro atoms. The number of amides is 2. The Kier molecular flexibility index (Phi) is 8.30. The Bertz CT molecular complexity index is 714. The first-order valence-corrected chi connectivity index (χ1v) is 9.80. The number of esters is 1. The fourth-order valence-corrected chi connectivity index (χ4v) is 3.42. The van der Waals surface area contributed by atoms with E-state index in [2.05, 4.69) is 24.5 Å². The van der Waals surface area contributed by atoms with Gasteiger partial charge in [0, 0.05) is 17.7 Å². The van der Waals surface area contributed by atoms with Crippen molar-refractivity contribution in [3.63, 3.8) is 0 Å². The molecule has 8 heteroatoms. The van der Waals surface area contributed by atoms with Crippen LogP contribution in [-0.4, -0.2) is 51.2 Å². The monoisotopic (exact) mass is 406 g/mol. The predicted octanol–water partition coefficient (Wildman–Crippen LogP) is 1.92. The van der Waals surface area contributed by atoms with Crippen molar-refractivity contribution in [1.29, 1.82) is 0 Å². The highest BCUT2D eigenvalue weighted by molar-refractivity contribution is 5.96. The molecule has 1 aliphatic rings. The van der Waals surface area contributed by atoms with Crippen molar-refractivity contribution >= 4 is 17.8 Å². The summed E-state index contributed by atoms with van der Waals surface area (Å²) in [6.07, 6.45) is 3.18. The number of rotatable bonds is 8. The van der Waals surface area contributed by atoms with Crippen molar-refractivity contribution in [1.82, 2.24) is 10.6 Å². The van der Waals surface area contributed by atoms with E-state index in [-0.39, 0.29) is 30.7 Å². The molecule has 1 aromatic carbocycles. The third-order valence-corrected chi connectivity index (χ3v) is 5.42. The smallest absolute Gasteiger partial charge is 0.325 e. The van der Waals surface area contributed by atoms with E-state index in [1.807, 2.05) is 0 Å². The van der Waals surface area contributed by atoms with Crippen molar-refractivity contribution < 1.29 is 28.6 Å². The fourth-order valence-electron chi connectivity index (χ4n) is 3.42. The number of carbonyl (C=O) groups excluding carboxylic acids is 3. The van der Waals surface area contributed by atoms with Crippen molar-refractivity contribution in [2.45, 2.75) is 39.2 Å². The molecule has 0 heterocycles. The number of methoxy groups -OCH3 is 2. The average Bonchev–Trinajstić information content (AvgIpc) is 2.73. The molecule has 160 valence electrons. The van der Waals surface area contributed by atoms with Gasteiger partial charge in [0.25, 0.3) is 11.8 Å². The summed E-state index contributed by atoms with van der Waals surface area (Å²) in [6.45, 7) is 3.61. The summed E-state index contributed by atoms with van der Waals surface area (Å²) in [4.78, 5) is 36.2. The van der Waals surface area contributed by atoms with E-state index in [9.17, 15) is 14.4 Å². The quantitative estimate of drug-likeness (QED) is 0.640. The van der Waals surface area contributed by atoms with Crippen LogP contribution in [0.5, 0.6) is 11.5 Å². The maximum Gasteiger partial charge on any atom is 0.325 e. The van der Waals surface area contributed by atoms with Crippen molar-refractivity contribution in [2.24, 2.45) is 11.8 Å². The Morgan fingerprint density at radius 2 is 1.69 bits per heavy atom. The second-order valence-electron chi connectivity index (χ2n) is 7.39. The summed E-state index contributed by atoms with van der Waals surface area (Å²) in [6, 6.07) is 4.80. The Hall–Kier alpha value is -2.77. The number of hydrogen-bond acceptors (Lipinski definition) is 6. The van der Waals surface area contributed by atoms with Gasteiger partial charge in [0.15, 0.2) is 6.61 Å². The summed E-state index contributed by atoms with van der Waals surface area (Å²) >= 11 is 0. The summed E-state index contributed by atoms with van der Waals surface area (Å²) in [5.74, 6) is 0.375. The van der Waals surface area contributed by atoms with E-state index in [0.29, 0.717) is 23.3 Å². The van der Waals surface area contributed by atoms with Crippen LogP contribution in [0.4, 0.5) is 0 Å². The first kappa shape index (κ1) is 22.5. The SMILES string of the molecule is COc1cc(OC)cc(C(=O)NCC(=O)OCC(=O)N[C@H]2CCC[C@H](C)[C@H]2C)c1. The van der Waals surface area contributed by atoms with Gasteiger partial charge in [0.1, 0.15) is 18.0 Å². The van der Waals surface area contributed by atoms with Gasteiger partial charge >= 0.3 is 5.97 Å². The molecule has 1 aromatic rings. The van der Waals surface area contributed by atoms with Gasteiger partial charge in [0.2, 0.25) is 0 Å². The summed E-state index contributed by atoms with van der Waals surface area (Å²) in [5.41, 5.74) is 0.284. The molecule has 8 nitrogen and oxygen atoms in total. The minimum Gasteiger partial charge on any atom is -0.497 e. The van der Waals surface area contributed by atoms with Crippen LogP contribution in [0.1, 0.15) is 43.5 Å². The van der Waals surface area contributed by atoms with Crippen LogP contribution in [0.25, 0.3) is 0 Å². The van der Waals surface area contributed by atoms with Crippen LogP contribution in [-0.2, 0) is 14.3 Å². The number of carbonyl (C=O) groups is 3. The zero-order chi connectivity index (χ0) is 21.4. The van der Waals surface area contributed by atoms with Gasteiger partial charge in [0.05, 0.1) is 14.2 Å². The standard InChI is InChI=1S/C21H30N2O6/c1-13-6-5-7-18(14(13)2)23-19(24)12-29-20(25)11-22-21(26)15-8-16(27-3)10-17(9-15)28-4/h8-10,13-14,18H,5-7,11-12H2,1-4H3,(H,22,26)(H,23,24)/t13-,14+,18-/m0/s1. The number of hydrogen-bond donors (Lipinski definition) is 2. The second kappa shape index (κ2) is 10.7. The van der Waals surface area contributed by atoms with Gasteiger partial charge < -0.3 is 24.8 Å². The van der Waals surface area contributed by atoms with Gasteiger partial charge in [-0.3, -0.25) is 14.4 Å². The number of nitrogens with one attached hydrogen (secondary N) is 2. The van der Waals surface area contributed by atoms with Crippen molar-refractivity contribution in [3.8, 4) is 11.5 Å². The molecular formula is C21H30N2O6. The lowest BCUT2D eigenvalue weighted by molar-refractivity contribution is -0.147. The Labute approximate surface area is 171 Å². The van der Waals surface area contributed by atoms with Crippen LogP contribution < -0.4 is 20.1 Å². The third-order valence-electron chi connectivity index (χ3n) is 5.42. The molecule has 2 amide bonds. The normalized spacial score (nSPS) is 21.0. The summed E-state index contributed by atoms with van der Waals surface area (Å²) in [7, 11) is 2.96. The zero-order valence-electron chi connectivity index (χ0n) is 17.4. The minimum absolute atomic E-state index is 0.104. The summed E-state index contributed by atoms with van der Waals surface area (Å²) in [5, 5.41) is 5.40. The van der Waals surface area contributed by atoms with Crippen LogP contribution in [0.2, 0.25) is 0 Å². The fraction of sp³-hybridized carbons (Fsp3) is 0.571. The molecule has 0 aliphatic heterocycles. The first-order valence-electron chi connectivity index (χ1n) is 9.80. The Morgan fingerprint density at radius 1 is 1.03 bits per heavy atom. The zero-order valence-corrected chi connectivity index (χ0v) is 17.4. The van der Waals surface area contributed by atoms with E-state index in [0.717, 1.165) is 12.8 Å². The van der Waals surface area contributed by atoms with Gasteiger partial charge in [-0.2, -0.15) is 0 Å². The van der Waals surface area contributed by atoms with E-state index in [4.69, 9.17) is 14.2 Å². The molecule has 2 N–H and O–H groups in total. The Morgan fingerprint density at radius 3 is 2.31 bits per heavy atom. The van der Waals surface area contributed by atoms with Crippen LogP contribution >= 0.6 is 0 Å². The average molecular weight is 406 g/mol. The van der Waals surface area contributed by atoms with Gasteiger partial charge in [-0.1, -0.05) is 26.7 Å². The molecule has 0 unspecified atom stereocenters. The molecule has 29 heavy (non-hydrogen) atoms. The van der Waals surface area contributed by atoms with Crippen LogP contribution in [0.3, 0.4) is 0 Å². The molecule has 3 atom stereocenters. The van der Waals surface area contributed by atoms with Crippen LogP contribution in [0.15, 0.2) is 18.2 Å². The highest BCUT2D eigenvalue weighted by atomic mass is 16.5. The number of ether oxygens (including phenoxy) is 3. The molecule has 0 bridgehead atoms. The molecule has 1 saturated carbocycles. The molecule has 1 aliphatic carbocycles. The highest BCUT2D eigenvalue weighted by Crippen LogP contribution is 2.29. The molecule has 0 aromatic heterocycles. The topological polar surface area (TPSA) is 103 Å². The molecule has 0 radical (unpaired) electrons. The molecule has 1 fully saturated rings. The third kappa shape index (κ3) is 6.66. The maximum atomic E-state index is 12.2. The van der Waals surface area contributed by atoms with Gasteiger partial charge in [-0.25, -0.2) is 0 Å². The second-order valence-corrected chi connectivity index (χ2v) is 7.39. The van der Waals surface area contributed by atoms with Crippen LogP contribution in [0, 0.1) is 11.8 Å². The van der Waals surface area contributed by atoms with E-state index >= 15 is 0 Å². The van der Waals surface area contributed by atoms with E-state index in [1.54, 1.807) is 6.07 Å². The van der Waals surface area contributed by atoms with Gasteiger partial charge in [-0.15, -0.1) is 0 Å². The van der Waals surface area contributed by atoms with E-state index < -0.39 is 11.9 Å². The highest BCUT2D eigenvalue weighted by Gasteiger charge is 2.28. The molecule has 0 saturated heterocycles. The largest absolute Gasteiger partial charge is 0.497 e. The van der Waals surface area contributed by atoms with Crippen molar-refractivity contribution in [2.75, 3.05) is 27.4 Å². The molecule has 2 rings (SSSR count). The lowest BCUT2D eigenvalue weighted by Crippen LogP contribution is -2.45. The van der Waals surface area contributed by atoms with Gasteiger partial charge in [-0.05, 0) is 30.4 Å².